The molecule has 0 aromatic carbocycles. The predicted octanol–water partition coefficient (Wildman–Crippen LogP) is 1.41. The Morgan fingerprint density at radius 3 is 3.19 bits per heavy atom. The van der Waals surface area contributed by atoms with Gasteiger partial charge in [-0.1, -0.05) is 6.08 Å². The first-order chi connectivity index (χ1) is 7.84. The van der Waals surface area contributed by atoms with Crippen LogP contribution in [0.5, 0.6) is 0 Å². The molecule has 1 aliphatic rings. The van der Waals surface area contributed by atoms with E-state index in [1.807, 2.05) is 23.7 Å². The van der Waals surface area contributed by atoms with E-state index in [4.69, 9.17) is 0 Å². The zero-order valence-electron chi connectivity index (χ0n) is 9.27. The highest BCUT2D eigenvalue weighted by molar-refractivity contribution is 5.76. The molecule has 16 heavy (non-hydrogen) atoms. The Morgan fingerprint density at radius 1 is 1.44 bits per heavy atom. The summed E-state index contributed by atoms with van der Waals surface area (Å²) < 4.78 is 1.85. The van der Waals surface area contributed by atoms with Gasteiger partial charge in [-0.25, -0.2) is 9.50 Å². The minimum atomic E-state index is 0.821. The number of fused-ring (bicyclic) bond motifs is 1. The van der Waals surface area contributed by atoms with Crippen LogP contribution >= 0.6 is 0 Å². The van der Waals surface area contributed by atoms with E-state index in [-0.39, 0.29) is 0 Å². The molecule has 0 spiro atoms. The Balaban J connectivity index is 2.18. The molecule has 2 aromatic rings. The van der Waals surface area contributed by atoms with Crippen molar-refractivity contribution in [2.24, 2.45) is 0 Å². The summed E-state index contributed by atoms with van der Waals surface area (Å²) in [5.74, 6) is 0.821. The Bertz CT molecular complexity index is 553. The highest BCUT2D eigenvalue weighted by Crippen LogP contribution is 2.22. The van der Waals surface area contributed by atoms with E-state index in [0.29, 0.717) is 0 Å². The summed E-state index contributed by atoms with van der Waals surface area (Å²) in [5, 5.41) is 7.65. The van der Waals surface area contributed by atoms with Crippen molar-refractivity contribution in [1.82, 2.24) is 19.9 Å². The van der Waals surface area contributed by atoms with Gasteiger partial charge in [0.05, 0.1) is 0 Å². The standard InChI is InChI=1S/C12H14N4/c1-9-14-12-11(3-2-8-16(12)15-9)10-4-6-13-7-5-10/h2-4,8,13H,5-7H2,1H3. The van der Waals surface area contributed by atoms with E-state index in [2.05, 4.69) is 27.5 Å². The normalized spacial score (nSPS) is 16.4. The van der Waals surface area contributed by atoms with Crippen LogP contribution < -0.4 is 5.32 Å². The number of hydrogen-bond donors (Lipinski definition) is 1. The smallest absolute Gasteiger partial charge is 0.163 e. The maximum atomic E-state index is 4.48. The molecular weight excluding hydrogens is 200 g/mol. The third kappa shape index (κ3) is 1.51. The van der Waals surface area contributed by atoms with E-state index in [0.717, 1.165) is 31.0 Å². The van der Waals surface area contributed by atoms with Crippen LogP contribution in [0.3, 0.4) is 0 Å². The SMILES string of the molecule is Cc1nc2c(C3=CCNCC3)cccn2n1. The topological polar surface area (TPSA) is 42.2 Å². The van der Waals surface area contributed by atoms with Gasteiger partial charge in [-0.2, -0.15) is 5.10 Å². The van der Waals surface area contributed by atoms with Crippen LogP contribution in [0.25, 0.3) is 11.2 Å². The Hall–Kier alpha value is -1.68. The van der Waals surface area contributed by atoms with E-state index < -0.39 is 0 Å². The summed E-state index contributed by atoms with van der Waals surface area (Å²) in [6.45, 7) is 3.91. The summed E-state index contributed by atoms with van der Waals surface area (Å²) in [6, 6.07) is 4.15. The summed E-state index contributed by atoms with van der Waals surface area (Å²) in [7, 11) is 0. The maximum Gasteiger partial charge on any atom is 0.163 e. The second kappa shape index (κ2) is 3.72. The molecule has 0 saturated carbocycles. The molecule has 0 amide bonds. The predicted molar refractivity (Wildman–Crippen MR) is 63.2 cm³/mol. The van der Waals surface area contributed by atoms with E-state index in [9.17, 15) is 0 Å². The molecular formula is C12H14N4. The first-order valence-corrected chi connectivity index (χ1v) is 5.57. The van der Waals surface area contributed by atoms with Gasteiger partial charge in [-0.15, -0.1) is 0 Å². The van der Waals surface area contributed by atoms with Gasteiger partial charge in [-0.05, 0) is 37.6 Å². The van der Waals surface area contributed by atoms with Crippen molar-refractivity contribution in [2.45, 2.75) is 13.3 Å². The number of aromatic nitrogens is 3. The van der Waals surface area contributed by atoms with Crippen LogP contribution in [0.1, 0.15) is 17.8 Å². The number of pyridine rings is 1. The molecule has 0 saturated heterocycles. The lowest BCUT2D eigenvalue weighted by Crippen LogP contribution is -2.20. The Labute approximate surface area is 94.0 Å². The molecule has 0 radical (unpaired) electrons. The third-order valence-corrected chi connectivity index (χ3v) is 2.88. The minimum Gasteiger partial charge on any atom is -0.313 e. The summed E-state index contributed by atoms with van der Waals surface area (Å²) >= 11 is 0. The molecule has 4 nitrogen and oxygen atoms in total. The average Bonchev–Trinajstić information content (AvgIpc) is 2.70. The van der Waals surface area contributed by atoms with E-state index in [1.165, 1.54) is 11.1 Å². The number of nitrogens with one attached hydrogen (secondary N) is 1. The van der Waals surface area contributed by atoms with Gasteiger partial charge in [0.1, 0.15) is 5.82 Å². The second-order valence-electron chi connectivity index (χ2n) is 4.03. The van der Waals surface area contributed by atoms with Crippen LogP contribution in [0.4, 0.5) is 0 Å². The molecule has 0 unspecified atom stereocenters. The van der Waals surface area contributed by atoms with Gasteiger partial charge in [0.2, 0.25) is 0 Å². The monoisotopic (exact) mass is 214 g/mol. The highest BCUT2D eigenvalue weighted by Gasteiger charge is 2.11. The largest absolute Gasteiger partial charge is 0.313 e. The molecule has 3 rings (SSSR count). The average molecular weight is 214 g/mol. The molecule has 4 heteroatoms. The number of nitrogens with zero attached hydrogens (tertiary/aromatic N) is 3. The van der Waals surface area contributed by atoms with Gasteiger partial charge in [0, 0.05) is 18.3 Å². The van der Waals surface area contributed by atoms with Crippen molar-refractivity contribution in [3.63, 3.8) is 0 Å². The molecule has 0 aliphatic carbocycles. The van der Waals surface area contributed by atoms with Gasteiger partial charge in [0.25, 0.3) is 0 Å². The van der Waals surface area contributed by atoms with Crippen LogP contribution in [-0.4, -0.2) is 27.7 Å². The molecule has 0 bridgehead atoms. The van der Waals surface area contributed by atoms with Crippen LogP contribution in [0.2, 0.25) is 0 Å². The first kappa shape index (κ1) is 9.54. The second-order valence-corrected chi connectivity index (χ2v) is 4.03. The molecule has 0 atom stereocenters. The molecule has 82 valence electrons. The summed E-state index contributed by atoms with van der Waals surface area (Å²) in [4.78, 5) is 4.48. The zero-order chi connectivity index (χ0) is 11.0. The highest BCUT2D eigenvalue weighted by atomic mass is 15.3. The Morgan fingerprint density at radius 2 is 2.38 bits per heavy atom. The van der Waals surface area contributed by atoms with Gasteiger partial charge >= 0.3 is 0 Å². The zero-order valence-corrected chi connectivity index (χ0v) is 9.27. The van der Waals surface area contributed by atoms with Crippen molar-refractivity contribution in [3.05, 3.63) is 35.8 Å². The molecule has 2 aromatic heterocycles. The quantitative estimate of drug-likeness (QED) is 0.780. The molecule has 1 N–H and O–H groups in total. The van der Waals surface area contributed by atoms with Crippen molar-refractivity contribution in [2.75, 3.05) is 13.1 Å². The van der Waals surface area contributed by atoms with Gasteiger partial charge < -0.3 is 5.32 Å². The fourth-order valence-electron chi connectivity index (χ4n) is 2.13. The molecule has 1 aliphatic heterocycles. The third-order valence-electron chi connectivity index (χ3n) is 2.88. The van der Waals surface area contributed by atoms with Gasteiger partial charge in [-0.3, -0.25) is 0 Å². The summed E-state index contributed by atoms with van der Waals surface area (Å²) in [6.07, 6.45) is 5.24. The van der Waals surface area contributed by atoms with Crippen molar-refractivity contribution < 1.29 is 0 Å². The lowest BCUT2D eigenvalue weighted by molar-refractivity contribution is 0.738. The fraction of sp³-hybridized carbons (Fsp3) is 0.333. The van der Waals surface area contributed by atoms with Crippen LogP contribution in [0.15, 0.2) is 24.4 Å². The lowest BCUT2D eigenvalue weighted by Gasteiger charge is -2.14. The van der Waals surface area contributed by atoms with Crippen molar-refractivity contribution in [1.29, 1.82) is 0 Å². The minimum absolute atomic E-state index is 0.821. The number of aryl methyl sites for hydroxylation is 1. The van der Waals surface area contributed by atoms with Crippen LogP contribution in [0, 0.1) is 6.92 Å². The van der Waals surface area contributed by atoms with E-state index >= 15 is 0 Å². The number of hydrogen-bond acceptors (Lipinski definition) is 3. The Kier molecular flexibility index (Phi) is 2.22. The van der Waals surface area contributed by atoms with Gasteiger partial charge in [0.15, 0.2) is 5.65 Å². The van der Waals surface area contributed by atoms with Crippen molar-refractivity contribution >= 4 is 11.2 Å². The first-order valence-electron chi connectivity index (χ1n) is 5.57. The van der Waals surface area contributed by atoms with E-state index in [1.54, 1.807) is 0 Å². The maximum absolute atomic E-state index is 4.48. The summed E-state index contributed by atoms with van der Waals surface area (Å²) in [5.41, 5.74) is 3.55. The van der Waals surface area contributed by atoms with Crippen molar-refractivity contribution in [3.8, 4) is 0 Å². The van der Waals surface area contributed by atoms with Crippen LogP contribution in [-0.2, 0) is 0 Å². The molecule has 3 heterocycles. The molecule has 0 fully saturated rings. The fourth-order valence-corrected chi connectivity index (χ4v) is 2.13. The number of rotatable bonds is 1. The lowest BCUT2D eigenvalue weighted by atomic mass is 10.0.